The van der Waals surface area contributed by atoms with Crippen LogP contribution in [0.15, 0.2) is 42.7 Å². The molecule has 0 unspecified atom stereocenters. The first kappa shape index (κ1) is 17.8. The number of nitrogens with zero attached hydrogens (tertiary/aromatic N) is 2. The van der Waals surface area contributed by atoms with E-state index in [1.54, 1.807) is 24.3 Å². The van der Waals surface area contributed by atoms with Gasteiger partial charge in [0.05, 0.1) is 13.2 Å². The number of halogens is 1. The third-order valence-electron chi connectivity index (χ3n) is 4.66. The van der Waals surface area contributed by atoms with Gasteiger partial charge in [0, 0.05) is 43.9 Å². The lowest BCUT2D eigenvalue weighted by Gasteiger charge is -2.25. The molecule has 1 aromatic heterocycles. The van der Waals surface area contributed by atoms with E-state index in [9.17, 15) is 14.0 Å². The van der Waals surface area contributed by atoms with E-state index in [-0.39, 0.29) is 29.2 Å². The molecule has 0 spiro atoms. The van der Waals surface area contributed by atoms with Gasteiger partial charge < -0.3 is 15.0 Å². The number of hydrogen-bond acceptors (Lipinski definition) is 4. The Morgan fingerprint density at radius 1 is 1.42 bits per heavy atom. The van der Waals surface area contributed by atoms with E-state index in [2.05, 4.69) is 10.3 Å². The number of amides is 2. The van der Waals surface area contributed by atoms with Crippen LogP contribution in [0.4, 0.5) is 4.39 Å². The second-order valence-electron chi connectivity index (χ2n) is 6.26. The normalized spacial score (nSPS) is 19.5. The molecule has 3 rings (SSSR count). The summed E-state index contributed by atoms with van der Waals surface area (Å²) in [5, 5.41) is 2.80. The van der Waals surface area contributed by atoms with Crippen LogP contribution >= 0.6 is 0 Å². The fourth-order valence-corrected chi connectivity index (χ4v) is 3.32. The smallest absolute Gasteiger partial charge is 0.251 e. The fraction of sp³-hybridized carbons (Fsp3) is 0.316. The van der Waals surface area contributed by atoms with Crippen LogP contribution < -0.4 is 10.1 Å². The van der Waals surface area contributed by atoms with Gasteiger partial charge in [0.2, 0.25) is 5.91 Å². The first-order chi connectivity index (χ1) is 12.5. The standard InChI is InChI=1S/C19H20FN3O3/c1-23-17(24)9-14(18(23)13-4-3-7-21-10-13)11-22-19(25)12-5-6-16(26-2)15(20)8-12/h3-8,10,14,18H,9,11H2,1-2H3,(H,22,25)/t14-,18-/m0/s1. The Hall–Kier alpha value is -2.96. The number of nitrogens with one attached hydrogen (secondary N) is 1. The number of rotatable bonds is 5. The topological polar surface area (TPSA) is 71.5 Å². The molecule has 7 heteroatoms. The van der Waals surface area contributed by atoms with Crippen LogP contribution in [0.1, 0.15) is 28.4 Å². The molecular formula is C19H20FN3O3. The van der Waals surface area contributed by atoms with Crippen LogP contribution in [0.3, 0.4) is 0 Å². The molecule has 2 amide bonds. The number of carbonyl (C=O) groups is 2. The molecule has 2 heterocycles. The van der Waals surface area contributed by atoms with Gasteiger partial charge in [-0.1, -0.05) is 6.07 Å². The third-order valence-corrected chi connectivity index (χ3v) is 4.66. The molecule has 0 aliphatic carbocycles. The Bertz CT molecular complexity index is 813. The van der Waals surface area contributed by atoms with Crippen molar-refractivity contribution in [2.45, 2.75) is 12.5 Å². The van der Waals surface area contributed by atoms with Crippen molar-refractivity contribution < 1.29 is 18.7 Å². The van der Waals surface area contributed by atoms with E-state index in [1.165, 1.54) is 19.2 Å². The van der Waals surface area contributed by atoms with Crippen LogP contribution in [-0.2, 0) is 4.79 Å². The zero-order chi connectivity index (χ0) is 18.7. The van der Waals surface area contributed by atoms with Gasteiger partial charge in [-0.15, -0.1) is 0 Å². The lowest BCUT2D eigenvalue weighted by atomic mass is 9.94. The van der Waals surface area contributed by atoms with Crippen molar-refractivity contribution in [1.29, 1.82) is 0 Å². The van der Waals surface area contributed by atoms with Crippen molar-refractivity contribution in [3.05, 3.63) is 59.7 Å². The van der Waals surface area contributed by atoms with E-state index in [0.717, 1.165) is 11.6 Å². The zero-order valence-electron chi connectivity index (χ0n) is 14.6. The van der Waals surface area contributed by atoms with E-state index in [1.807, 2.05) is 12.1 Å². The summed E-state index contributed by atoms with van der Waals surface area (Å²) in [6.07, 6.45) is 3.75. The second-order valence-corrected chi connectivity index (χ2v) is 6.26. The van der Waals surface area contributed by atoms with Crippen LogP contribution in [0.5, 0.6) is 5.75 Å². The van der Waals surface area contributed by atoms with Crippen LogP contribution in [0.25, 0.3) is 0 Å². The number of likely N-dealkylation sites (tertiary alicyclic amines) is 1. The minimum atomic E-state index is -0.593. The number of methoxy groups -OCH3 is 1. The summed E-state index contributed by atoms with van der Waals surface area (Å²) in [5.41, 5.74) is 1.13. The molecule has 136 valence electrons. The molecule has 6 nitrogen and oxygen atoms in total. The van der Waals surface area contributed by atoms with Gasteiger partial charge in [0.25, 0.3) is 5.91 Å². The molecular weight excluding hydrogens is 337 g/mol. The molecule has 0 saturated carbocycles. The van der Waals surface area contributed by atoms with Crippen LogP contribution in [0, 0.1) is 11.7 Å². The summed E-state index contributed by atoms with van der Waals surface area (Å²) in [7, 11) is 3.12. The average Bonchev–Trinajstić information content (AvgIpc) is 2.94. The maximum absolute atomic E-state index is 13.8. The Morgan fingerprint density at radius 3 is 2.88 bits per heavy atom. The zero-order valence-corrected chi connectivity index (χ0v) is 14.6. The molecule has 1 aliphatic heterocycles. The van der Waals surface area contributed by atoms with E-state index in [4.69, 9.17) is 4.74 Å². The van der Waals surface area contributed by atoms with Gasteiger partial charge in [0.15, 0.2) is 11.6 Å². The second kappa shape index (κ2) is 7.51. The predicted octanol–water partition coefficient (Wildman–Crippen LogP) is 2.18. The lowest BCUT2D eigenvalue weighted by Crippen LogP contribution is -2.32. The summed E-state index contributed by atoms with van der Waals surface area (Å²) in [6.45, 7) is 0.308. The summed E-state index contributed by atoms with van der Waals surface area (Å²) in [5.74, 6) is -0.957. The van der Waals surface area contributed by atoms with Crippen LogP contribution in [0.2, 0.25) is 0 Å². The highest BCUT2D eigenvalue weighted by molar-refractivity contribution is 5.94. The van der Waals surface area contributed by atoms with Crippen molar-refractivity contribution in [2.24, 2.45) is 5.92 Å². The molecule has 1 N–H and O–H groups in total. The Morgan fingerprint density at radius 2 is 2.23 bits per heavy atom. The number of benzene rings is 1. The minimum Gasteiger partial charge on any atom is -0.494 e. The van der Waals surface area contributed by atoms with Crippen molar-refractivity contribution in [1.82, 2.24) is 15.2 Å². The SMILES string of the molecule is COc1ccc(C(=O)NC[C@@H]2CC(=O)N(C)[C@H]2c2cccnc2)cc1F. The quantitative estimate of drug-likeness (QED) is 0.890. The van der Waals surface area contributed by atoms with Gasteiger partial charge >= 0.3 is 0 Å². The molecule has 0 bridgehead atoms. The molecule has 26 heavy (non-hydrogen) atoms. The summed E-state index contributed by atoms with van der Waals surface area (Å²) < 4.78 is 18.6. The summed E-state index contributed by atoms with van der Waals surface area (Å²) in [4.78, 5) is 30.3. The Kier molecular flexibility index (Phi) is 5.16. The first-order valence-electron chi connectivity index (χ1n) is 8.28. The van der Waals surface area contributed by atoms with E-state index < -0.39 is 11.7 Å². The summed E-state index contributed by atoms with van der Waals surface area (Å²) in [6, 6.07) is 7.64. The first-order valence-corrected chi connectivity index (χ1v) is 8.28. The van der Waals surface area contributed by atoms with Gasteiger partial charge in [0.1, 0.15) is 0 Å². The number of ether oxygens (including phenoxy) is 1. The monoisotopic (exact) mass is 357 g/mol. The van der Waals surface area contributed by atoms with E-state index in [0.29, 0.717) is 13.0 Å². The van der Waals surface area contributed by atoms with Crippen LogP contribution in [-0.4, -0.2) is 42.4 Å². The van der Waals surface area contributed by atoms with Crippen molar-refractivity contribution in [2.75, 3.05) is 20.7 Å². The number of pyridine rings is 1. The lowest BCUT2D eigenvalue weighted by molar-refractivity contribution is -0.127. The molecule has 1 aromatic carbocycles. The van der Waals surface area contributed by atoms with Gasteiger partial charge in [-0.3, -0.25) is 14.6 Å². The fourth-order valence-electron chi connectivity index (χ4n) is 3.32. The Balaban J connectivity index is 1.70. The maximum Gasteiger partial charge on any atom is 0.251 e. The minimum absolute atomic E-state index is 0.0218. The largest absolute Gasteiger partial charge is 0.494 e. The number of hydrogen-bond donors (Lipinski definition) is 1. The molecule has 2 atom stereocenters. The van der Waals surface area contributed by atoms with Gasteiger partial charge in [-0.25, -0.2) is 4.39 Å². The highest BCUT2D eigenvalue weighted by Crippen LogP contribution is 2.36. The van der Waals surface area contributed by atoms with Crippen molar-refractivity contribution >= 4 is 11.8 Å². The predicted molar refractivity (Wildman–Crippen MR) is 93.1 cm³/mol. The average molecular weight is 357 g/mol. The third kappa shape index (κ3) is 3.51. The molecule has 1 fully saturated rings. The van der Waals surface area contributed by atoms with Crippen molar-refractivity contribution in [3.8, 4) is 5.75 Å². The highest BCUT2D eigenvalue weighted by Gasteiger charge is 2.38. The summed E-state index contributed by atoms with van der Waals surface area (Å²) >= 11 is 0. The maximum atomic E-state index is 13.8. The highest BCUT2D eigenvalue weighted by atomic mass is 19.1. The molecule has 1 saturated heterocycles. The molecule has 2 aromatic rings. The molecule has 0 radical (unpaired) electrons. The van der Waals surface area contributed by atoms with Gasteiger partial charge in [-0.05, 0) is 29.8 Å². The molecule has 1 aliphatic rings. The van der Waals surface area contributed by atoms with E-state index >= 15 is 0 Å². The van der Waals surface area contributed by atoms with Gasteiger partial charge in [-0.2, -0.15) is 0 Å². The van der Waals surface area contributed by atoms with Crippen molar-refractivity contribution in [3.63, 3.8) is 0 Å². The Labute approximate surface area is 151 Å². The number of aromatic nitrogens is 1. The number of carbonyl (C=O) groups excluding carboxylic acids is 2.